The van der Waals surface area contributed by atoms with Gasteiger partial charge < -0.3 is 5.32 Å². The van der Waals surface area contributed by atoms with Crippen LogP contribution < -0.4 is 5.32 Å². The molecule has 0 heterocycles. The molecule has 0 saturated heterocycles. The van der Waals surface area contributed by atoms with Crippen molar-refractivity contribution in [3.8, 4) is 12.3 Å². The Bertz CT molecular complexity index is 229. The van der Waals surface area contributed by atoms with Crippen molar-refractivity contribution >= 4 is 5.91 Å². The third-order valence-corrected chi connectivity index (χ3v) is 2.65. The highest BCUT2D eigenvalue weighted by molar-refractivity contribution is 5.81. The number of hydrogen-bond acceptors (Lipinski definition) is 1. The fourth-order valence-corrected chi connectivity index (χ4v) is 1.44. The van der Waals surface area contributed by atoms with Gasteiger partial charge in [-0.2, -0.15) is 0 Å². The fraction of sp³-hybridized carbons (Fsp3) is 0.727. The van der Waals surface area contributed by atoms with E-state index in [9.17, 15) is 4.79 Å². The molecule has 1 N–H and O–H groups in total. The van der Waals surface area contributed by atoms with Crippen LogP contribution in [0.1, 0.15) is 33.1 Å². The molecule has 0 aromatic carbocycles. The molecule has 3 atom stereocenters. The molecular formula is C11H17NO. The van der Waals surface area contributed by atoms with Crippen molar-refractivity contribution in [3.05, 3.63) is 0 Å². The minimum absolute atomic E-state index is 0.172. The van der Waals surface area contributed by atoms with Crippen LogP contribution in [0.2, 0.25) is 0 Å². The lowest BCUT2D eigenvalue weighted by Crippen LogP contribution is -2.35. The zero-order valence-corrected chi connectivity index (χ0v) is 8.34. The Labute approximate surface area is 80.1 Å². The first kappa shape index (κ1) is 10.1. The van der Waals surface area contributed by atoms with Gasteiger partial charge in [0, 0.05) is 18.4 Å². The third kappa shape index (κ3) is 2.77. The van der Waals surface area contributed by atoms with Crippen LogP contribution in [0.5, 0.6) is 0 Å². The van der Waals surface area contributed by atoms with E-state index in [0.717, 1.165) is 12.8 Å². The number of terminal acetylenes is 1. The average molecular weight is 179 g/mol. The molecule has 2 nitrogen and oxygen atoms in total. The van der Waals surface area contributed by atoms with Crippen LogP contribution in [-0.2, 0) is 4.79 Å². The second-order valence-corrected chi connectivity index (χ2v) is 3.84. The van der Waals surface area contributed by atoms with Crippen LogP contribution in [0, 0.1) is 24.2 Å². The second kappa shape index (κ2) is 4.32. The van der Waals surface area contributed by atoms with E-state index in [1.165, 1.54) is 0 Å². The summed E-state index contributed by atoms with van der Waals surface area (Å²) in [6, 6.07) is 0.172. The molecule has 0 aliphatic heterocycles. The van der Waals surface area contributed by atoms with Crippen LogP contribution >= 0.6 is 0 Å². The lowest BCUT2D eigenvalue weighted by atomic mass is 10.1. The van der Waals surface area contributed by atoms with Crippen molar-refractivity contribution in [2.24, 2.45) is 11.8 Å². The van der Waals surface area contributed by atoms with E-state index in [1.807, 2.05) is 6.92 Å². The molecule has 1 aliphatic carbocycles. The zero-order valence-electron chi connectivity index (χ0n) is 8.34. The first-order chi connectivity index (χ1) is 6.19. The lowest BCUT2D eigenvalue weighted by molar-refractivity contribution is -0.123. The largest absolute Gasteiger partial charge is 0.352 e. The maximum absolute atomic E-state index is 11.5. The fourth-order valence-electron chi connectivity index (χ4n) is 1.44. The van der Waals surface area contributed by atoms with Crippen molar-refractivity contribution in [2.45, 2.75) is 39.2 Å². The maximum atomic E-state index is 11.5. The highest BCUT2D eigenvalue weighted by atomic mass is 16.2. The predicted octanol–water partition coefficient (Wildman–Crippen LogP) is 1.56. The molecule has 0 bridgehead atoms. The van der Waals surface area contributed by atoms with Crippen LogP contribution in [0.3, 0.4) is 0 Å². The Morgan fingerprint density at radius 2 is 2.38 bits per heavy atom. The number of amides is 1. The van der Waals surface area contributed by atoms with E-state index in [2.05, 4.69) is 18.2 Å². The Hall–Kier alpha value is -0.970. The van der Waals surface area contributed by atoms with Crippen molar-refractivity contribution in [1.82, 2.24) is 5.32 Å². The van der Waals surface area contributed by atoms with Gasteiger partial charge in [-0.05, 0) is 18.8 Å². The van der Waals surface area contributed by atoms with Gasteiger partial charge in [-0.15, -0.1) is 12.3 Å². The summed E-state index contributed by atoms with van der Waals surface area (Å²) >= 11 is 0. The summed E-state index contributed by atoms with van der Waals surface area (Å²) in [5, 5.41) is 2.98. The van der Waals surface area contributed by atoms with Crippen LogP contribution in [0.15, 0.2) is 0 Å². The van der Waals surface area contributed by atoms with Crippen molar-refractivity contribution in [3.63, 3.8) is 0 Å². The highest BCUT2D eigenvalue weighted by Crippen LogP contribution is 2.37. The van der Waals surface area contributed by atoms with Gasteiger partial charge in [-0.25, -0.2) is 0 Å². The summed E-state index contributed by atoms with van der Waals surface area (Å²) in [5.41, 5.74) is 0. The SMILES string of the molecule is C#CCC(CC)NC(=O)C1CC1C. The molecule has 3 unspecified atom stereocenters. The van der Waals surface area contributed by atoms with Gasteiger partial charge >= 0.3 is 0 Å². The van der Waals surface area contributed by atoms with Crippen LogP contribution in [-0.4, -0.2) is 11.9 Å². The molecule has 72 valence electrons. The Balaban J connectivity index is 2.29. The Kier molecular flexibility index (Phi) is 3.36. The number of rotatable bonds is 4. The van der Waals surface area contributed by atoms with E-state index in [-0.39, 0.29) is 17.9 Å². The van der Waals surface area contributed by atoms with Gasteiger partial charge in [0.2, 0.25) is 5.91 Å². The van der Waals surface area contributed by atoms with Crippen molar-refractivity contribution < 1.29 is 4.79 Å². The molecule has 0 radical (unpaired) electrons. The van der Waals surface area contributed by atoms with Crippen LogP contribution in [0.4, 0.5) is 0 Å². The Morgan fingerprint density at radius 3 is 2.77 bits per heavy atom. The van der Waals surface area contributed by atoms with E-state index < -0.39 is 0 Å². The summed E-state index contributed by atoms with van der Waals surface area (Å²) in [6.45, 7) is 4.14. The lowest BCUT2D eigenvalue weighted by Gasteiger charge is -2.13. The molecule has 0 aromatic heterocycles. The molecule has 2 heteroatoms. The van der Waals surface area contributed by atoms with Crippen molar-refractivity contribution in [1.29, 1.82) is 0 Å². The molecule has 1 amide bonds. The molecule has 1 rings (SSSR count). The number of carbonyl (C=O) groups is 1. The minimum atomic E-state index is 0.172. The van der Waals surface area contributed by atoms with Gasteiger partial charge in [0.25, 0.3) is 0 Å². The first-order valence-electron chi connectivity index (χ1n) is 4.92. The van der Waals surface area contributed by atoms with E-state index in [4.69, 9.17) is 6.42 Å². The van der Waals surface area contributed by atoms with Crippen molar-refractivity contribution in [2.75, 3.05) is 0 Å². The molecule has 0 spiro atoms. The Morgan fingerprint density at radius 1 is 1.77 bits per heavy atom. The molecule has 13 heavy (non-hydrogen) atoms. The van der Waals surface area contributed by atoms with Crippen LogP contribution in [0.25, 0.3) is 0 Å². The maximum Gasteiger partial charge on any atom is 0.223 e. The number of hydrogen-bond donors (Lipinski definition) is 1. The van der Waals surface area contributed by atoms with E-state index >= 15 is 0 Å². The molecule has 1 fully saturated rings. The summed E-state index contributed by atoms with van der Waals surface area (Å²) in [4.78, 5) is 11.5. The van der Waals surface area contributed by atoms with Gasteiger partial charge in [0.05, 0.1) is 0 Å². The third-order valence-electron chi connectivity index (χ3n) is 2.65. The summed E-state index contributed by atoms with van der Waals surface area (Å²) in [6.07, 6.45) is 7.79. The topological polar surface area (TPSA) is 29.1 Å². The molecule has 1 aliphatic rings. The van der Waals surface area contributed by atoms with E-state index in [1.54, 1.807) is 0 Å². The predicted molar refractivity (Wildman–Crippen MR) is 52.9 cm³/mol. The molecule has 0 aromatic rings. The summed E-state index contributed by atoms with van der Waals surface area (Å²) in [7, 11) is 0. The van der Waals surface area contributed by atoms with Gasteiger partial charge in [0.1, 0.15) is 0 Å². The first-order valence-corrected chi connectivity index (χ1v) is 4.92. The van der Waals surface area contributed by atoms with Gasteiger partial charge in [0.15, 0.2) is 0 Å². The standard InChI is InChI=1S/C11H17NO/c1-4-6-9(5-2)12-11(13)10-7-8(10)3/h1,8-10H,5-7H2,2-3H3,(H,12,13). The number of nitrogens with one attached hydrogen (secondary N) is 1. The normalized spacial score (nSPS) is 27.5. The van der Waals surface area contributed by atoms with Gasteiger partial charge in [-0.1, -0.05) is 13.8 Å². The highest BCUT2D eigenvalue weighted by Gasteiger charge is 2.39. The molecule has 1 saturated carbocycles. The average Bonchev–Trinajstić information content (AvgIpc) is 2.82. The second-order valence-electron chi connectivity index (χ2n) is 3.84. The molecular weight excluding hydrogens is 162 g/mol. The quantitative estimate of drug-likeness (QED) is 0.652. The minimum Gasteiger partial charge on any atom is -0.352 e. The monoisotopic (exact) mass is 179 g/mol. The van der Waals surface area contributed by atoms with Gasteiger partial charge in [-0.3, -0.25) is 4.79 Å². The number of carbonyl (C=O) groups excluding carboxylic acids is 1. The van der Waals surface area contributed by atoms with E-state index in [0.29, 0.717) is 12.3 Å². The summed E-state index contributed by atoms with van der Waals surface area (Å²) < 4.78 is 0. The smallest absolute Gasteiger partial charge is 0.223 e. The zero-order chi connectivity index (χ0) is 9.84. The summed E-state index contributed by atoms with van der Waals surface area (Å²) in [5.74, 6) is 3.60.